The van der Waals surface area contributed by atoms with Gasteiger partial charge in [-0.25, -0.2) is 0 Å². The van der Waals surface area contributed by atoms with Gasteiger partial charge in [-0.2, -0.15) is 5.26 Å². The van der Waals surface area contributed by atoms with E-state index in [9.17, 15) is 5.26 Å². The third-order valence-electron chi connectivity index (χ3n) is 17.2. The Morgan fingerprint density at radius 3 is 0.989 bits per heavy atom. The summed E-state index contributed by atoms with van der Waals surface area (Å²) < 4.78 is 4.78. The Labute approximate surface area is 516 Å². The van der Waals surface area contributed by atoms with Gasteiger partial charge in [0.1, 0.15) is 11.6 Å². The van der Waals surface area contributed by atoms with Crippen molar-refractivity contribution in [3.8, 4) is 39.7 Å². The molecule has 0 aliphatic rings. The molecule has 418 valence electrons. The minimum atomic E-state index is 0.515. The van der Waals surface area contributed by atoms with Crippen LogP contribution in [-0.2, 0) is 0 Å². The molecule has 2 heterocycles. The second-order valence-electron chi connectivity index (χ2n) is 22.3. The van der Waals surface area contributed by atoms with Crippen molar-refractivity contribution < 1.29 is 0 Å². The number of aromatic nitrogens is 2. The van der Waals surface area contributed by atoms with E-state index in [1.54, 1.807) is 0 Å². The first-order valence-electron chi connectivity index (χ1n) is 30.2. The summed E-state index contributed by atoms with van der Waals surface area (Å²) in [5.41, 5.74) is 18.7. The lowest BCUT2D eigenvalue weighted by molar-refractivity contribution is 1.11. The number of nitriles is 1. The highest BCUT2D eigenvalue weighted by atomic mass is 15.2. The van der Waals surface area contributed by atoms with Crippen LogP contribution >= 0.6 is 0 Å². The summed E-state index contributed by atoms with van der Waals surface area (Å²) in [6, 6.07) is 124. The van der Waals surface area contributed by atoms with Crippen LogP contribution in [-0.4, -0.2) is 9.13 Å². The first kappa shape index (κ1) is 52.4. The number of rotatable bonds is 13. The monoisotopic (exact) mass is 1140 g/mol. The summed E-state index contributed by atoms with van der Waals surface area (Å²) in [7, 11) is 0. The van der Waals surface area contributed by atoms with Crippen LogP contribution in [0, 0.1) is 11.3 Å². The molecule has 0 radical (unpaired) electrons. The third-order valence-corrected chi connectivity index (χ3v) is 17.2. The van der Waals surface area contributed by atoms with Gasteiger partial charge in [0.05, 0.1) is 44.8 Å². The van der Waals surface area contributed by atoms with Crippen LogP contribution in [0.2, 0.25) is 0 Å². The summed E-state index contributed by atoms with van der Waals surface area (Å²) in [6.07, 6.45) is 0. The van der Waals surface area contributed by atoms with Gasteiger partial charge in [-0.3, -0.25) is 0 Å². The fourth-order valence-electron chi connectivity index (χ4n) is 13.5. The first-order chi connectivity index (χ1) is 44.2. The lowest BCUT2D eigenvalue weighted by Gasteiger charge is -2.35. The van der Waals surface area contributed by atoms with E-state index in [-0.39, 0.29) is 0 Å². The highest BCUT2D eigenvalue weighted by Crippen LogP contribution is 2.56. The highest BCUT2D eigenvalue weighted by Gasteiger charge is 2.35. The Morgan fingerprint density at radius 1 is 0.258 bits per heavy atom. The topological polar surface area (TPSA) is 43.4 Å². The number of anilines is 9. The Balaban J connectivity index is 1.11. The van der Waals surface area contributed by atoms with Gasteiger partial charge in [-0.15, -0.1) is 0 Å². The van der Waals surface area contributed by atoms with E-state index in [0.29, 0.717) is 5.56 Å². The molecule has 0 aliphatic carbocycles. The van der Waals surface area contributed by atoms with Crippen molar-refractivity contribution >= 4 is 106 Å². The van der Waals surface area contributed by atoms with Crippen molar-refractivity contribution in [3.63, 3.8) is 0 Å². The summed E-state index contributed by atoms with van der Waals surface area (Å²) in [5.74, 6) is 0. The average molecular weight is 1140 g/mol. The quantitative estimate of drug-likeness (QED) is 0.115. The van der Waals surface area contributed by atoms with Crippen molar-refractivity contribution in [3.05, 3.63) is 345 Å². The van der Waals surface area contributed by atoms with Crippen LogP contribution in [0.5, 0.6) is 0 Å². The fraction of sp³-hybridized carbons (Fsp3) is 0. The molecule has 0 fully saturated rings. The predicted molar refractivity (Wildman–Crippen MR) is 372 cm³/mol. The summed E-state index contributed by atoms with van der Waals surface area (Å²) >= 11 is 0. The zero-order valence-electron chi connectivity index (χ0n) is 48.5. The van der Waals surface area contributed by atoms with E-state index in [1.165, 1.54) is 0 Å². The Hall–Kier alpha value is -12.2. The van der Waals surface area contributed by atoms with Gasteiger partial charge < -0.3 is 23.8 Å². The third kappa shape index (κ3) is 8.96. The maximum absolute atomic E-state index is 13.0. The number of hydrogen-bond acceptors (Lipinski definition) is 4. The zero-order valence-corrected chi connectivity index (χ0v) is 48.5. The molecule has 0 N–H and O–H groups in total. The van der Waals surface area contributed by atoms with Crippen molar-refractivity contribution in [1.29, 1.82) is 5.26 Å². The number of benzene rings is 14. The second kappa shape index (κ2) is 22.4. The van der Waals surface area contributed by atoms with Crippen LogP contribution in [0.3, 0.4) is 0 Å². The zero-order chi connectivity index (χ0) is 59.2. The van der Waals surface area contributed by atoms with Gasteiger partial charge >= 0.3 is 0 Å². The molecule has 0 unspecified atom stereocenters. The predicted octanol–water partition coefficient (Wildman–Crippen LogP) is 22.6. The summed E-state index contributed by atoms with van der Waals surface area (Å²) in [6.45, 7) is 0. The van der Waals surface area contributed by atoms with Crippen LogP contribution in [0.1, 0.15) is 5.56 Å². The highest BCUT2D eigenvalue weighted by molar-refractivity contribution is 6.17. The van der Waals surface area contributed by atoms with Gasteiger partial charge in [-0.1, -0.05) is 224 Å². The van der Waals surface area contributed by atoms with Crippen molar-refractivity contribution in [2.24, 2.45) is 0 Å². The van der Waals surface area contributed by atoms with Crippen LogP contribution in [0.15, 0.2) is 340 Å². The molecular weight excluding hydrogens is 1080 g/mol. The minimum Gasteiger partial charge on any atom is -0.310 e. The molecule has 89 heavy (non-hydrogen) atoms. The van der Waals surface area contributed by atoms with Crippen molar-refractivity contribution in [2.45, 2.75) is 0 Å². The lowest BCUT2D eigenvalue weighted by atomic mass is 9.87. The van der Waals surface area contributed by atoms with E-state index in [4.69, 9.17) is 0 Å². The number of fused-ring (bicyclic) bond motifs is 7. The molecule has 0 bridgehead atoms. The molecule has 0 spiro atoms. The smallest absolute Gasteiger partial charge is 0.104 e. The summed E-state index contributed by atoms with van der Waals surface area (Å²) in [4.78, 5) is 7.11. The van der Waals surface area contributed by atoms with E-state index >= 15 is 0 Å². The van der Waals surface area contributed by atoms with E-state index in [2.05, 4.69) is 370 Å². The number of para-hydroxylation sites is 7. The number of hydrogen-bond donors (Lipinski definition) is 0. The van der Waals surface area contributed by atoms with Gasteiger partial charge in [0, 0.05) is 77.9 Å². The second-order valence-corrected chi connectivity index (χ2v) is 22.3. The van der Waals surface area contributed by atoms with Crippen LogP contribution in [0.4, 0.5) is 51.2 Å². The summed E-state index contributed by atoms with van der Waals surface area (Å²) in [5, 5.41) is 19.4. The van der Waals surface area contributed by atoms with Crippen molar-refractivity contribution in [1.82, 2.24) is 9.13 Å². The van der Waals surface area contributed by atoms with Gasteiger partial charge in [0.2, 0.25) is 0 Å². The Morgan fingerprint density at radius 2 is 0.584 bits per heavy atom. The largest absolute Gasteiger partial charge is 0.310 e. The van der Waals surface area contributed by atoms with E-state index in [1.807, 2.05) is 0 Å². The molecule has 0 saturated carbocycles. The average Bonchev–Trinajstić information content (AvgIpc) is 1.68. The Bertz CT molecular complexity index is 4960. The molecule has 0 amide bonds. The molecule has 0 atom stereocenters. The van der Waals surface area contributed by atoms with Crippen LogP contribution in [0.25, 0.3) is 88.0 Å². The van der Waals surface area contributed by atoms with Gasteiger partial charge in [0.25, 0.3) is 0 Å². The van der Waals surface area contributed by atoms with E-state index < -0.39 is 0 Å². The molecule has 0 aliphatic heterocycles. The maximum Gasteiger partial charge on any atom is 0.104 e. The van der Waals surface area contributed by atoms with E-state index in [0.717, 1.165) is 139 Å². The molecule has 6 heteroatoms. The molecular formula is C83H56N6. The standard InChI is InChI=1S/C83H56N6/c84-57-73-81(88-75-48-26-24-46-69(75)71-55-66(51-53-77(71)88)85(61-35-12-3-13-36-61)62-37-14-4-15-38-62)79(59-30-8-1-9-31-59)83(87(65-43-20-7-21-44-65)74-50-28-34-58-29-22-23-45-68(58)74)80(60-32-10-2-11-33-60)82(73)89-76-49-27-25-47-70(76)72-56-67(52-54-78(72)89)86(63-39-16-5-17-40-63)64-41-18-6-19-42-64/h1-56H. The minimum absolute atomic E-state index is 0.515. The molecule has 0 saturated heterocycles. The molecule has 14 aromatic carbocycles. The van der Waals surface area contributed by atoms with Crippen molar-refractivity contribution in [2.75, 3.05) is 14.7 Å². The maximum atomic E-state index is 13.0. The lowest BCUT2D eigenvalue weighted by Crippen LogP contribution is -2.18. The van der Waals surface area contributed by atoms with Crippen LogP contribution < -0.4 is 14.7 Å². The SMILES string of the molecule is N#Cc1c(-n2c3ccccc3c3cc(N(c4ccccc4)c4ccccc4)ccc32)c(-c2ccccc2)c(N(c2ccccc2)c2cccc3ccccc23)c(-c2ccccc2)c1-n1c2ccccc2c2cc(N(c3ccccc3)c3ccccc3)ccc21. The molecule has 2 aromatic heterocycles. The normalized spacial score (nSPS) is 11.4. The molecule has 16 aromatic rings. The Kier molecular flexibility index (Phi) is 13.2. The fourth-order valence-corrected chi connectivity index (χ4v) is 13.5. The van der Waals surface area contributed by atoms with Gasteiger partial charge in [-0.05, 0) is 132 Å². The molecule has 16 rings (SSSR count). The first-order valence-corrected chi connectivity index (χ1v) is 30.2. The number of nitrogens with zero attached hydrogens (tertiary/aromatic N) is 6. The van der Waals surface area contributed by atoms with Gasteiger partial charge in [0.15, 0.2) is 0 Å². The molecule has 6 nitrogen and oxygen atoms in total.